The first kappa shape index (κ1) is 22.0. The third-order valence-electron chi connectivity index (χ3n) is 4.76. The highest BCUT2D eigenvalue weighted by atomic mass is 35.5. The number of benzene rings is 2. The molecule has 3 N–H and O–H groups in total. The second-order valence-electron chi connectivity index (χ2n) is 7.13. The molecule has 0 bridgehead atoms. The van der Waals surface area contributed by atoms with E-state index in [9.17, 15) is 9.90 Å². The highest BCUT2D eigenvalue weighted by molar-refractivity contribution is 7.17. The van der Waals surface area contributed by atoms with Crippen LogP contribution in [0.15, 0.2) is 72.9 Å². The molecular weight excluding hydrogens is 444 g/mol. The molecule has 2 aromatic heterocycles. The molecule has 32 heavy (non-hydrogen) atoms. The molecular formula is C24H21ClN4O2S. The van der Waals surface area contributed by atoms with Crippen molar-refractivity contribution in [2.24, 2.45) is 0 Å². The van der Waals surface area contributed by atoms with Gasteiger partial charge >= 0.3 is 0 Å². The lowest BCUT2D eigenvalue weighted by Crippen LogP contribution is -2.21. The van der Waals surface area contributed by atoms with Crippen molar-refractivity contribution in [3.05, 3.63) is 94.0 Å². The molecule has 0 aliphatic heterocycles. The number of anilines is 2. The van der Waals surface area contributed by atoms with E-state index in [4.69, 9.17) is 11.6 Å². The Labute approximate surface area is 195 Å². The van der Waals surface area contributed by atoms with Gasteiger partial charge in [-0.05, 0) is 54.4 Å². The third kappa shape index (κ3) is 5.31. The molecule has 0 fully saturated rings. The SMILES string of the molecule is CC(O)c1cccc(Nc2nccc(-c3ccc(C(=O)NCc4ccccc4Cl)s3)n2)c1. The predicted octanol–water partition coefficient (Wildman–Crippen LogP) is 5.59. The van der Waals surface area contributed by atoms with Crippen LogP contribution in [0.3, 0.4) is 0 Å². The molecule has 0 aliphatic rings. The summed E-state index contributed by atoms with van der Waals surface area (Å²) in [6.07, 6.45) is 1.11. The van der Waals surface area contributed by atoms with Crippen LogP contribution < -0.4 is 10.6 Å². The topological polar surface area (TPSA) is 87.1 Å². The Kier molecular flexibility index (Phi) is 6.80. The smallest absolute Gasteiger partial charge is 0.261 e. The molecule has 1 unspecified atom stereocenters. The van der Waals surface area contributed by atoms with Crippen molar-refractivity contribution < 1.29 is 9.90 Å². The van der Waals surface area contributed by atoms with Crippen molar-refractivity contribution in [2.75, 3.05) is 5.32 Å². The summed E-state index contributed by atoms with van der Waals surface area (Å²) in [4.78, 5) is 22.8. The summed E-state index contributed by atoms with van der Waals surface area (Å²) in [5, 5.41) is 16.5. The van der Waals surface area contributed by atoms with Crippen molar-refractivity contribution >= 4 is 40.5 Å². The number of nitrogens with one attached hydrogen (secondary N) is 2. The maximum atomic E-state index is 12.6. The summed E-state index contributed by atoms with van der Waals surface area (Å²) in [6, 6.07) is 20.3. The predicted molar refractivity (Wildman–Crippen MR) is 128 cm³/mol. The van der Waals surface area contributed by atoms with E-state index in [0.717, 1.165) is 21.7 Å². The van der Waals surface area contributed by atoms with E-state index in [1.807, 2.05) is 48.5 Å². The van der Waals surface area contributed by atoms with Crippen LogP contribution >= 0.6 is 22.9 Å². The van der Waals surface area contributed by atoms with E-state index in [-0.39, 0.29) is 5.91 Å². The largest absolute Gasteiger partial charge is 0.389 e. The van der Waals surface area contributed by atoms with E-state index in [0.29, 0.717) is 28.1 Å². The monoisotopic (exact) mass is 464 g/mol. The fourth-order valence-electron chi connectivity index (χ4n) is 3.06. The zero-order chi connectivity index (χ0) is 22.5. The number of aromatic nitrogens is 2. The van der Waals surface area contributed by atoms with Crippen molar-refractivity contribution in [2.45, 2.75) is 19.6 Å². The van der Waals surface area contributed by atoms with Crippen molar-refractivity contribution in [1.29, 1.82) is 0 Å². The van der Waals surface area contributed by atoms with Gasteiger partial charge in [0.25, 0.3) is 5.91 Å². The number of nitrogens with zero attached hydrogens (tertiary/aromatic N) is 2. The molecule has 0 spiro atoms. The Bertz CT molecular complexity index is 1240. The van der Waals surface area contributed by atoms with Crippen LogP contribution in [0.1, 0.15) is 33.8 Å². The Hall–Kier alpha value is -3.26. The number of aliphatic hydroxyl groups excluding tert-OH is 1. The average molecular weight is 465 g/mol. The average Bonchev–Trinajstić information content (AvgIpc) is 3.29. The van der Waals surface area contributed by atoms with Gasteiger partial charge in [-0.3, -0.25) is 4.79 Å². The molecule has 2 heterocycles. The molecule has 0 saturated heterocycles. The first-order chi connectivity index (χ1) is 15.5. The second kappa shape index (κ2) is 9.91. The second-order valence-corrected chi connectivity index (χ2v) is 8.62. The van der Waals surface area contributed by atoms with Gasteiger partial charge in [0.2, 0.25) is 5.95 Å². The van der Waals surface area contributed by atoms with Crippen molar-refractivity contribution in [1.82, 2.24) is 15.3 Å². The van der Waals surface area contributed by atoms with Gasteiger partial charge in [0, 0.05) is 23.5 Å². The van der Waals surface area contributed by atoms with E-state index in [1.165, 1.54) is 11.3 Å². The van der Waals surface area contributed by atoms with Gasteiger partial charge in [-0.2, -0.15) is 0 Å². The summed E-state index contributed by atoms with van der Waals surface area (Å²) < 4.78 is 0. The van der Waals surface area contributed by atoms with Gasteiger partial charge in [-0.15, -0.1) is 11.3 Å². The van der Waals surface area contributed by atoms with Gasteiger partial charge in [-0.1, -0.05) is 41.9 Å². The lowest BCUT2D eigenvalue weighted by molar-refractivity contribution is 0.0955. The fraction of sp³-hybridized carbons (Fsp3) is 0.125. The molecule has 0 aliphatic carbocycles. The minimum atomic E-state index is -0.558. The van der Waals surface area contributed by atoms with Crippen LogP contribution in [0.25, 0.3) is 10.6 Å². The lowest BCUT2D eigenvalue weighted by Gasteiger charge is -2.09. The van der Waals surface area contributed by atoms with Crippen LogP contribution in [0.5, 0.6) is 0 Å². The summed E-state index contributed by atoms with van der Waals surface area (Å²) in [5.41, 5.74) is 3.16. The summed E-state index contributed by atoms with van der Waals surface area (Å²) in [7, 11) is 0. The fourth-order valence-corrected chi connectivity index (χ4v) is 4.16. The Morgan fingerprint density at radius 2 is 1.97 bits per heavy atom. The number of thiophene rings is 1. The molecule has 6 nitrogen and oxygen atoms in total. The molecule has 162 valence electrons. The Morgan fingerprint density at radius 3 is 2.78 bits per heavy atom. The van der Waals surface area contributed by atoms with Gasteiger partial charge in [0.15, 0.2) is 0 Å². The summed E-state index contributed by atoms with van der Waals surface area (Å²) in [6.45, 7) is 2.08. The van der Waals surface area contributed by atoms with Crippen LogP contribution in [0.4, 0.5) is 11.6 Å². The zero-order valence-corrected chi connectivity index (χ0v) is 18.8. The highest BCUT2D eigenvalue weighted by Crippen LogP contribution is 2.28. The number of hydrogen-bond donors (Lipinski definition) is 3. The van der Waals surface area contributed by atoms with Crippen LogP contribution in [0.2, 0.25) is 5.02 Å². The van der Waals surface area contributed by atoms with Crippen LogP contribution in [-0.4, -0.2) is 21.0 Å². The maximum absolute atomic E-state index is 12.6. The molecule has 4 rings (SSSR count). The van der Waals surface area contributed by atoms with Crippen LogP contribution in [0, 0.1) is 0 Å². The normalized spacial score (nSPS) is 11.7. The van der Waals surface area contributed by atoms with E-state index in [2.05, 4.69) is 20.6 Å². The highest BCUT2D eigenvalue weighted by Gasteiger charge is 2.12. The van der Waals surface area contributed by atoms with Gasteiger partial charge < -0.3 is 15.7 Å². The first-order valence-corrected chi connectivity index (χ1v) is 11.2. The molecule has 4 aromatic rings. The molecule has 0 radical (unpaired) electrons. The quantitative estimate of drug-likeness (QED) is 0.332. The van der Waals surface area contributed by atoms with Gasteiger partial charge in [0.1, 0.15) is 0 Å². The number of carbonyl (C=O) groups excluding carboxylic acids is 1. The summed E-state index contributed by atoms with van der Waals surface area (Å²) in [5.74, 6) is 0.270. The number of amides is 1. The minimum absolute atomic E-state index is 0.163. The lowest BCUT2D eigenvalue weighted by atomic mass is 10.1. The van der Waals surface area contributed by atoms with Crippen molar-refractivity contribution in [3.63, 3.8) is 0 Å². The molecule has 1 atom stereocenters. The van der Waals surface area contributed by atoms with E-state index < -0.39 is 6.10 Å². The Balaban J connectivity index is 1.45. The molecule has 2 aromatic carbocycles. The number of hydrogen-bond acceptors (Lipinski definition) is 6. The summed E-state index contributed by atoms with van der Waals surface area (Å²) >= 11 is 7.51. The number of halogens is 1. The maximum Gasteiger partial charge on any atom is 0.261 e. The van der Waals surface area contributed by atoms with Gasteiger partial charge in [0.05, 0.1) is 21.6 Å². The van der Waals surface area contributed by atoms with Gasteiger partial charge in [-0.25, -0.2) is 9.97 Å². The van der Waals surface area contributed by atoms with E-state index >= 15 is 0 Å². The zero-order valence-electron chi connectivity index (χ0n) is 17.2. The number of rotatable bonds is 7. The van der Waals surface area contributed by atoms with Crippen molar-refractivity contribution in [3.8, 4) is 10.6 Å². The molecule has 0 saturated carbocycles. The number of aliphatic hydroxyl groups is 1. The minimum Gasteiger partial charge on any atom is -0.389 e. The molecule has 1 amide bonds. The Morgan fingerprint density at radius 1 is 1.12 bits per heavy atom. The third-order valence-corrected chi connectivity index (χ3v) is 6.24. The van der Waals surface area contributed by atoms with Crippen LogP contribution in [-0.2, 0) is 6.54 Å². The van der Waals surface area contributed by atoms with E-state index in [1.54, 1.807) is 31.3 Å². The number of carbonyl (C=O) groups is 1. The standard InChI is InChI=1S/C24H21ClN4O2S/c1-15(30)16-6-4-7-18(13-16)28-24-26-12-11-20(29-24)21-9-10-22(32-21)23(31)27-14-17-5-2-3-8-19(17)25/h2-13,15,30H,14H2,1H3,(H,27,31)(H,26,28,29). The molecule has 8 heteroatoms. The first-order valence-electron chi connectivity index (χ1n) is 9.99.